The van der Waals surface area contributed by atoms with Gasteiger partial charge in [-0.1, -0.05) is 103 Å². The maximum Gasteiger partial charge on any atom is 0.336 e. The summed E-state index contributed by atoms with van der Waals surface area (Å²) in [7, 11) is 1.31. The van der Waals surface area contributed by atoms with Gasteiger partial charge in [0, 0.05) is 7.05 Å². The van der Waals surface area contributed by atoms with E-state index in [9.17, 15) is 19.2 Å². The number of esters is 2. The number of carbonyl (C=O) groups is 4. The Morgan fingerprint density at radius 1 is 0.714 bits per heavy atom. The second-order valence-corrected chi connectivity index (χ2v) is 14.3. The van der Waals surface area contributed by atoms with E-state index in [0.717, 1.165) is 6.92 Å². The summed E-state index contributed by atoms with van der Waals surface area (Å²) in [6.07, 6.45) is -1.24. The molecule has 0 saturated carbocycles. The van der Waals surface area contributed by atoms with Crippen molar-refractivity contribution in [2.45, 2.75) is 51.7 Å². The zero-order valence-electron chi connectivity index (χ0n) is 24.7. The lowest BCUT2D eigenvalue weighted by molar-refractivity contribution is -0.155. The Balaban J connectivity index is 2.82. The average molecular weight is 610 g/mol. The number of carbonyl (C=O) groups excluding carboxylic acids is 4. The van der Waals surface area contributed by atoms with Crippen molar-refractivity contribution >= 4 is 63.3 Å². The Morgan fingerprint density at radius 2 is 1.10 bits per heavy atom. The molecule has 2 atom stereocenters. The van der Waals surface area contributed by atoms with E-state index in [-0.39, 0.29) is 5.29 Å². The van der Waals surface area contributed by atoms with Crippen molar-refractivity contribution in [2.75, 3.05) is 7.05 Å². The van der Waals surface area contributed by atoms with Crippen molar-refractivity contribution in [3.8, 4) is 0 Å². The van der Waals surface area contributed by atoms with Gasteiger partial charge in [0.1, 0.15) is 5.92 Å². The van der Waals surface area contributed by atoms with Gasteiger partial charge in [-0.15, -0.1) is 0 Å². The van der Waals surface area contributed by atoms with Crippen LogP contribution in [0.1, 0.15) is 34.6 Å². The molecular formula is C33H37ClNO6P. The minimum atomic E-state index is -3.39. The third-order valence-electron chi connectivity index (χ3n) is 6.67. The molecule has 222 valence electrons. The molecule has 0 saturated heterocycles. The van der Waals surface area contributed by atoms with Crippen molar-refractivity contribution < 1.29 is 28.7 Å². The number of halogens is 1. The number of alkyl halides is 1. The molecule has 1 N–H and O–H groups in total. The van der Waals surface area contributed by atoms with Crippen LogP contribution in [-0.4, -0.2) is 53.1 Å². The summed E-state index contributed by atoms with van der Waals surface area (Å²) in [5.74, 6) is -5.45. The maximum absolute atomic E-state index is 14.6. The number of amides is 1. The van der Waals surface area contributed by atoms with Gasteiger partial charge in [0.15, 0.2) is 10.7 Å². The predicted molar refractivity (Wildman–Crippen MR) is 169 cm³/mol. The average Bonchev–Trinajstić information content (AvgIpc) is 2.97. The third kappa shape index (κ3) is 6.38. The van der Waals surface area contributed by atoms with E-state index >= 15 is 0 Å². The Hall–Kier alpha value is -3.67. The zero-order valence-corrected chi connectivity index (χ0v) is 26.3. The molecule has 0 aliphatic rings. The van der Waals surface area contributed by atoms with Crippen molar-refractivity contribution in [1.29, 1.82) is 0 Å². The molecule has 0 spiro atoms. The number of Topliss-reactive ketones (excluding diaryl/α,β-unsaturated/α-hetero) is 1. The van der Waals surface area contributed by atoms with Gasteiger partial charge in [-0.2, -0.15) is 0 Å². The molecule has 7 nitrogen and oxygen atoms in total. The molecule has 0 heterocycles. The number of benzene rings is 3. The number of ketones is 1. The van der Waals surface area contributed by atoms with E-state index in [0.29, 0.717) is 15.9 Å². The maximum atomic E-state index is 14.6. The number of ether oxygens (including phenoxy) is 2. The third-order valence-corrected chi connectivity index (χ3v) is 11.7. The Labute approximate surface area is 252 Å². The van der Waals surface area contributed by atoms with Crippen LogP contribution in [0.4, 0.5) is 0 Å². The lowest BCUT2D eigenvalue weighted by Gasteiger charge is -2.38. The summed E-state index contributed by atoms with van der Waals surface area (Å²) in [6, 6.07) is 27.7. The molecule has 42 heavy (non-hydrogen) atoms. The van der Waals surface area contributed by atoms with E-state index in [1.165, 1.54) is 7.05 Å². The van der Waals surface area contributed by atoms with Gasteiger partial charge in [0.05, 0.1) is 17.5 Å². The molecule has 3 rings (SSSR count). The molecule has 0 bridgehead atoms. The number of rotatable bonds is 11. The van der Waals surface area contributed by atoms with E-state index in [4.69, 9.17) is 21.1 Å². The van der Waals surface area contributed by atoms with Gasteiger partial charge in [0.2, 0.25) is 5.91 Å². The minimum absolute atomic E-state index is 0.112. The first-order chi connectivity index (χ1) is 19.9. The first-order valence-electron chi connectivity index (χ1n) is 13.7. The Kier molecular flexibility index (Phi) is 10.9. The summed E-state index contributed by atoms with van der Waals surface area (Å²) >= 11 is 7.04. The summed E-state index contributed by atoms with van der Waals surface area (Å²) in [6.45, 7) is 4.37. The molecule has 3 aromatic rings. The van der Waals surface area contributed by atoms with Crippen LogP contribution in [0, 0.1) is 5.92 Å². The monoisotopic (exact) mass is 609 g/mol. The highest BCUT2D eigenvalue weighted by atomic mass is 35.5. The topological polar surface area (TPSA) is 98.8 Å². The SMILES string of the molecule is CNC(=O)C(Cl)(C(C)=O)C(C(=O)OC(C)C)C(C(=O)OC(C)C)=P(c1ccccc1)(c1ccccc1)c1ccccc1. The molecule has 0 radical (unpaired) electrons. The van der Waals surface area contributed by atoms with Crippen LogP contribution in [0.25, 0.3) is 0 Å². The van der Waals surface area contributed by atoms with E-state index < -0.39 is 53.5 Å². The predicted octanol–water partition coefficient (Wildman–Crippen LogP) is 3.98. The van der Waals surface area contributed by atoms with Crippen LogP contribution >= 0.6 is 18.5 Å². The molecule has 9 heteroatoms. The Bertz CT molecular complexity index is 1370. The fourth-order valence-electron chi connectivity index (χ4n) is 4.98. The van der Waals surface area contributed by atoms with E-state index in [1.54, 1.807) is 27.7 Å². The van der Waals surface area contributed by atoms with Crippen LogP contribution in [0.15, 0.2) is 91.0 Å². The number of hydrogen-bond acceptors (Lipinski definition) is 6. The van der Waals surface area contributed by atoms with Crippen molar-refractivity contribution in [3.63, 3.8) is 0 Å². The molecule has 0 aliphatic heterocycles. The van der Waals surface area contributed by atoms with E-state index in [1.807, 2.05) is 91.0 Å². The first kappa shape index (κ1) is 32.8. The fourth-order valence-corrected chi connectivity index (χ4v) is 9.95. The lowest BCUT2D eigenvalue weighted by atomic mass is 9.84. The quantitative estimate of drug-likeness (QED) is 0.153. The molecule has 2 unspecified atom stereocenters. The van der Waals surface area contributed by atoms with E-state index in [2.05, 4.69) is 5.32 Å². The van der Waals surface area contributed by atoms with Crippen LogP contribution in [0.5, 0.6) is 0 Å². The number of hydrogen-bond donors (Lipinski definition) is 1. The lowest BCUT2D eigenvalue weighted by Crippen LogP contribution is -2.59. The summed E-state index contributed by atoms with van der Waals surface area (Å²) < 4.78 is 11.5. The normalized spacial score (nSPS) is 13.5. The van der Waals surface area contributed by atoms with Crippen molar-refractivity contribution in [3.05, 3.63) is 91.0 Å². The second kappa shape index (κ2) is 14.0. The summed E-state index contributed by atoms with van der Waals surface area (Å²) in [5, 5.41) is 4.40. The van der Waals surface area contributed by atoms with Crippen molar-refractivity contribution in [2.24, 2.45) is 5.92 Å². The van der Waals surface area contributed by atoms with Crippen LogP contribution < -0.4 is 21.2 Å². The molecule has 0 aromatic heterocycles. The second-order valence-electron chi connectivity index (χ2n) is 10.3. The highest BCUT2D eigenvalue weighted by Gasteiger charge is 2.58. The Morgan fingerprint density at radius 3 is 1.40 bits per heavy atom. The summed E-state index contributed by atoms with van der Waals surface area (Å²) in [5.41, 5.74) is 0. The molecule has 3 aromatic carbocycles. The minimum Gasteiger partial charge on any atom is -0.462 e. The van der Waals surface area contributed by atoms with Gasteiger partial charge in [-0.05, 0) is 57.4 Å². The van der Waals surface area contributed by atoms with Crippen LogP contribution in [0.3, 0.4) is 0 Å². The van der Waals surface area contributed by atoms with Gasteiger partial charge in [0.25, 0.3) is 0 Å². The van der Waals surface area contributed by atoms with Gasteiger partial charge < -0.3 is 14.8 Å². The van der Waals surface area contributed by atoms with Gasteiger partial charge in [-0.3, -0.25) is 14.4 Å². The molecule has 0 fully saturated rings. The van der Waals surface area contributed by atoms with Crippen LogP contribution in [-0.2, 0) is 28.7 Å². The summed E-state index contributed by atoms with van der Waals surface area (Å²) in [4.78, 5) is 53.3. The molecule has 0 aliphatic carbocycles. The van der Waals surface area contributed by atoms with Crippen LogP contribution in [0.2, 0.25) is 0 Å². The standard InChI is InChI=1S/C33H37ClNO6P/c1-22(2)40-30(37)28(33(34,24(5)36)32(39)35-6)29(31(38)41-23(3)4)42(25-16-10-7-11-17-25,26-18-12-8-13-19-26)27-20-14-9-15-21-27/h7-23,28H,1-6H3,(H,35,39). The smallest absolute Gasteiger partial charge is 0.336 e. The highest BCUT2D eigenvalue weighted by Crippen LogP contribution is 2.50. The molecular weight excluding hydrogens is 573 g/mol. The van der Waals surface area contributed by atoms with Gasteiger partial charge in [-0.25, -0.2) is 4.79 Å². The number of nitrogens with one attached hydrogen (secondary N) is 1. The van der Waals surface area contributed by atoms with Gasteiger partial charge >= 0.3 is 11.9 Å². The zero-order chi connectivity index (χ0) is 31.1. The van der Waals surface area contributed by atoms with Crippen molar-refractivity contribution in [1.82, 2.24) is 5.32 Å². The fraction of sp³-hybridized carbons (Fsp3) is 0.303. The largest absolute Gasteiger partial charge is 0.462 e. The molecule has 1 amide bonds. The highest BCUT2D eigenvalue weighted by molar-refractivity contribution is 7.96. The first-order valence-corrected chi connectivity index (χ1v) is 15.9.